The van der Waals surface area contributed by atoms with Crippen LogP contribution in [-0.4, -0.2) is 47.3 Å². The van der Waals surface area contributed by atoms with Gasteiger partial charge < -0.3 is 19.7 Å². The molecule has 1 amide bonds. The zero-order valence-electron chi connectivity index (χ0n) is 16.2. The fraction of sp³-hybridized carbons (Fsp3) is 0.450. The lowest BCUT2D eigenvalue weighted by molar-refractivity contribution is -0.00546. The first-order valence-electron chi connectivity index (χ1n) is 9.21. The van der Waals surface area contributed by atoms with E-state index in [2.05, 4.69) is 34.0 Å². The van der Waals surface area contributed by atoms with Crippen molar-refractivity contribution in [1.82, 2.24) is 9.97 Å². The smallest absolute Gasteiger partial charge is 0.257 e. The van der Waals surface area contributed by atoms with Crippen LogP contribution in [0.2, 0.25) is 0 Å². The van der Waals surface area contributed by atoms with Crippen molar-refractivity contribution in [3.05, 3.63) is 42.2 Å². The summed E-state index contributed by atoms with van der Waals surface area (Å²) >= 11 is 0. The highest BCUT2D eigenvalue weighted by Crippen LogP contribution is 2.19. The molecule has 0 bridgehead atoms. The van der Waals surface area contributed by atoms with Crippen LogP contribution in [0.15, 0.2) is 36.7 Å². The van der Waals surface area contributed by atoms with Crippen molar-refractivity contribution in [1.29, 1.82) is 0 Å². The highest BCUT2D eigenvalue weighted by atomic mass is 16.5. The van der Waals surface area contributed by atoms with E-state index in [0.717, 1.165) is 18.9 Å². The van der Waals surface area contributed by atoms with Gasteiger partial charge in [-0.25, -0.2) is 9.97 Å². The zero-order chi connectivity index (χ0) is 19.4. The Bertz CT molecular complexity index is 752. The number of hydrogen-bond donors (Lipinski definition) is 1. The van der Waals surface area contributed by atoms with Gasteiger partial charge in [-0.1, -0.05) is 0 Å². The van der Waals surface area contributed by atoms with E-state index in [1.54, 1.807) is 30.6 Å². The predicted molar refractivity (Wildman–Crippen MR) is 104 cm³/mol. The number of morpholine rings is 1. The molecule has 144 valence electrons. The first-order valence-corrected chi connectivity index (χ1v) is 9.21. The summed E-state index contributed by atoms with van der Waals surface area (Å²) in [6, 6.07) is 7.16. The van der Waals surface area contributed by atoms with E-state index in [-0.39, 0.29) is 24.2 Å². The van der Waals surface area contributed by atoms with Gasteiger partial charge in [0, 0.05) is 25.4 Å². The Balaban J connectivity index is 1.62. The summed E-state index contributed by atoms with van der Waals surface area (Å²) in [7, 11) is 0. The van der Waals surface area contributed by atoms with Crippen molar-refractivity contribution in [2.45, 2.75) is 46.0 Å². The first-order chi connectivity index (χ1) is 12.9. The Morgan fingerprint density at radius 3 is 2.44 bits per heavy atom. The third-order valence-electron chi connectivity index (χ3n) is 4.10. The number of ether oxygens (including phenoxy) is 2. The minimum Gasteiger partial charge on any atom is -0.475 e. The largest absolute Gasteiger partial charge is 0.475 e. The maximum Gasteiger partial charge on any atom is 0.257 e. The van der Waals surface area contributed by atoms with Gasteiger partial charge in [-0.2, -0.15) is 0 Å². The Labute approximate surface area is 159 Å². The van der Waals surface area contributed by atoms with E-state index < -0.39 is 0 Å². The molecular formula is C20H26N4O3. The van der Waals surface area contributed by atoms with Gasteiger partial charge in [0.1, 0.15) is 5.82 Å². The second kappa shape index (κ2) is 8.35. The van der Waals surface area contributed by atoms with Crippen LogP contribution in [0.4, 0.5) is 11.5 Å². The number of nitrogens with one attached hydrogen (secondary N) is 1. The van der Waals surface area contributed by atoms with E-state index in [9.17, 15) is 4.79 Å². The lowest BCUT2D eigenvalue weighted by Crippen LogP contribution is -2.45. The average molecular weight is 370 g/mol. The van der Waals surface area contributed by atoms with Crippen LogP contribution < -0.4 is 15.0 Å². The van der Waals surface area contributed by atoms with E-state index in [0.29, 0.717) is 17.1 Å². The Hall–Kier alpha value is -2.67. The molecule has 3 rings (SSSR count). The molecule has 2 aromatic heterocycles. The maximum atomic E-state index is 12.4. The number of carbonyl (C=O) groups excluding carboxylic acids is 1. The maximum absolute atomic E-state index is 12.4. The summed E-state index contributed by atoms with van der Waals surface area (Å²) in [5, 5.41) is 2.82. The van der Waals surface area contributed by atoms with Gasteiger partial charge in [0.15, 0.2) is 0 Å². The Morgan fingerprint density at radius 1 is 1.15 bits per heavy atom. The van der Waals surface area contributed by atoms with E-state index in [1.807, 2.05) is 19.9 Å². The van der Waals surface area contributed by atoms with Crippen LogP contribution in [0.5, 0.6) is 5.88 Å². The molecule has 1 aliphatic rings. The molecule has 1 aliphatic heterocycles. The number of pyridine rings is 2. The van der Waals surface area contributed by atoms with Gasteiger partial charge in [0.25, 0.3) is 5.91 Å². The van der Waals surface area contributed by atoms with Gasteiger partial charge in [0.2, 0.25) is 5.88 Å². The molecule has 0 saturated carbocycles. The van der Waals surface area contributed by atoms with Crippen molar-refractivity contribution in [3.63, 3.8) is 0 Å². The van der Waals surface area contributed by atoms with Crippen LogP contribution in [0.1, 0.15) is 38.1 Å². The second-order valence-electron chi connectivity index (χ2n) is 7.07. The summed E-state index contributed by atoms with van der Waals surface area (Å²) in [5.74, 6) is 1.16. The van der Waals surface area contributed by atoms with Gasteiger partial charge >= 0.3 is 0 Å². The van der Waals surface area contributed by atoms with Gasteiger partial charge in [-0.05, 0) is 45.9 Å². The number of nitrogens with zero attached hydrogens (tertiary/aromatic N) is 3. The van der Waals surface area contributed by atoms with Gasteiger partial charge in [-0.3, -0.25) is 4.79 Å². The summed E-state index contributed by atoms with van der Waals surface area (Å²) < 4.78 is 11.2. The van der Waals surface area contributed by atoms with Gasteiger partial charge in [0.05, 0.1) is 35.8 Å². The van der Waals surface area contributed by atoms with Crippen molar-refractivity contribution in [2.24, 2.45) is 0 Å². The first kappa shape index (κ1) is 19.1. The van der Waals surface area contributed by atoms with Crippen LogP contribution in [0.3, 0.4) is 0 Å². The molecule has 3 heterocycles. The minimum atomic E-state index is -0.225. The van der Waals surface area contributed by atoms with Crippen LogP contribution in [0, 0.1) is 0 Å². The number of anilines is 2. The molecule has 2 aromatic rings. The molecular weight excluding hydrogens is 344 g/mol. The fourth-order valence-electron chi connectivity index (χ4n) is 3.04. The van der Waals surface area contributed by atoms with Crippen molar-refractivity contribution < 1.29 is 14.3 Å². The van der Waals surface area contributed by atoms with E-state index in [1.165, 1.54) is 0 Å². The summed E-state index contributed by atoms with van der Waals surface area (Å²) in [6.45, 7) is 9.56. The van der Waals surface area contributed by atoms with E-state index >= 15 is 0 Å². The highest BCUT2D eigenvalue weighted by Gasteiger charge is 2.23. The third kappa shape index (κ3) is 5.17. The summed E-state index contributed by atoms with van der Waals surface area (Å²) in [6.07, 6.45) is 3.55. The lowest BCUT2D eigenvalue weighted by atomic mass is 10.2. The number of carbonyl (C=O) groups is 1. The quantitative estimate of drug-likeness (QED) is 0.871. The number of hydrogen-bond acceptors (Lipinski definition) is 6. The van der Waals surface area contributed by atoms with Crippen LogP contribution in [0.25, 0.3) is 0 Å². The second-order valence-corrected chi connectivity index (χ2v) is 7.07. The van der Waals surface area contributed by atoms with E-state index in [4.69, 9.17) is 9.47 Å². The predicted octanol–water partition coefficient (Wildman–Crippen LogP) is 3.13. The zero-order valence-corrected chi connectivity index (χ0v) is 16.2. The van der Waals surface area contributed by atoms with Crippen molar-refractivity contribution >= 4 is 17.4 Å². The molecule has 0 aromatic carbocycles. The van der Waals surface area contributed by atoms with Crippen LogP contribution in [-0.2, 0) is 4.74 Å². The highest BCUT2D eigenvalue weighted by molar-refractivity contribution is 6.04. The lowest BCUT2D eigenvalue weighted by Gasteiger charge is -2.36. The summed E-state index contributed by atoms with van der Waals surface area (Å²) in [5.41, 5.74) is 1.10. The SMILES string of the molecule is CC(C)Oc1ccc(NC(=O)c2ccc(N3CC(C)OC(C)C3)nc2)cn1. The minimum absolute atomic E-state index is 0.0555. The average Bonchev–Trinajstić information content (AvgIpc) is 2.62. The standard InChI is InChI=1S/C20H26N4O3/c1-13(2)26-19-8-6-17(10-22-19)23-20(25)16-5-7-18(21-9-16)24-11-14(3)27-15(4)12-24/h5-10,13-15H,11-12H2,1-4H3,(H,23,25). The number of aromatic nitrogens is 2. The molecule has 0 aliphatic carbocycles. The van der Waals surface area contributed by atoms with Crippen molar-refractivity contribution in [2.75, 3.05) is 23.3 Å². The van der Waals surface area contributed by atoms with Crippen molar-refractivity contribution in [3.8, 4) is 5.88 Å². The Kier molecular flexibility index (Phi) is 5.91. The number of amides is 1. The van der Waals surface area contributed by atoms with Crippen LogP contribution >= 0.6 is 0 Å². The molecule has 1 saturated heterocycles. The third-order valence-corrected chi connectivity index (χ3v) is 4.10. The fourth-order valence-corrected chi connectivity index (χ4v) is 3.04. The summed E-state index contributed by atoms with van der Waals surface area (Å²) in [4.78, 5) is 23.2. The molecule has 7 nitrogen and oxygen atoms in total. The molecule has 27 heavy (non-hydrogen) atoms. The molecule has 7 heteroatoms. The van der Waals surface area contributed by atoms with Gasteiger partial charge in [-0.15, -0.1) is 0 Å². The molecule has 2 unspecified atom stereocenters. The molecule has 0 spiro atoms. The normalized spacial score (nSPS) is 19.8. The Morgan fingerprint density at radius 2 is 1.89 bits per heavy atom. The number of rotatable bonds is 5. The molecule has 1 fully saturated rings. The molecule has 1 N–H and O–H groups in total. The topological polar surface area (TPSA) is 76.6 Å². The molecule has 0 radical (unpaired) electrons. The molecule has 2 atom stereocenters. The monoisotopic (exact) mass is 370 g/mol.